The van der Waals surface area contributed by atoms with Crippen molar-refractivity contribution in [1.82, 2.24) is 9.88 Å². The number of aromatic nitrogens is 1. The average molecular weight is 510 g/mol. The molecular formula is C23H23ClF3N5O3. The van der Waals surface area contributed by atoms with Gasteiger partial charge in [0.15, 0.2) is 0 Å². The monoisotopic (exact) mass is 509 g/mol. The quantitative estimate of drug-likeness (QED) is 0.472. The van der Waals surface area contributed by atoms with E-state index < -0.39 is 23.5 Å². The summed E-state index contributed by atoms with van der Waals surface area (Å²) in [5, 5.41) is 2.52. The number of benzene rings is 1. The van der Waals surface area contributed by atoms with Gasteiger partial charge in [-0.2, -0.15) is 13.2 Å². The Hall–Kier alpha value is -3.18. The number of amides is 2. The molecule has 3 heterocycles. The van der Waals surface area contributed by atoms with Gasteiger partial charge in [-0.15, -0.1) is 0 Å². The van der Waals surface area contributed by atoms with E-state index in [0.29, 0.717) is 18.7 Å². The Morgan fingerprint density at radius 3 is 2.60 bits per heavy atom. The van der Waals surface area contributed by atoms with Crippen LogP contribution in [0.25, 0.3) is 0 Å². The van der Waals surface area contributed by atoms with Crippen LogP contribution in [0.2, 0.25) is 5.02 Å². The van der Waals surface area contributed by atoms with Crippen molar-refractivity contribution in [3.05, 3.63) is 52.3 Å². The zero-order chi connectivity index (χ0) is 25.2. The lowest BCUT2D eigenvalue weighted by Gasteiger charge is -2.47. The fourth-order valence-electron chi connectivity index (χ4n) is 3.95. The maximum Gasteiger partial charge on any atom is 0.433 e. The molecule has 0 unspecified atom stereocenters. The first-order valence-electron chi connectivity index (χ1n) is 10.9. The van der Waals surface area contributed by atoms with Gasteiger partial charge in [0, 0.05) is 36.0 Å². The maximum atomic E-state index is 12.9. The van der Waals surface area contributed by atoms with Crippen LogP contribution < -0.4 is 11.1 Å². The molecule has 1 aromatic carbocycles. The van der Waals surface area contributed by atoms with Crippen LogP contribution in [0.3, 0.4) is 0 Å². The summed E-state index contributed by atoms with van der Waals surface area (Å²) >= 11 is 6.15. The Morgan fingerprint density at radius 2 is 1.97 bits per heavy atom. The topological polar surface area (TPSA) is 110 Å². The summed E-state index contributed by atoms with van der Waals surface area (Å²) in [5.74, 6) is -0.978. The van der Waals surface area contributed by atoms with Crippen LogP contribution in [0.15, 0.2) is 35.3 Å². The number of likely N-dealkylation sites (tertiary alicyclic amines) is 1. The van der Waals surface area contributed by atoms with Gasteiger partial charge < -0.3 is 20.7 Å². The maximum absolute atomic E-state index is 12.9. The van der Waals surface area contributed by atoms with E-state index in [4.69, 9.17) is 22.1 Å². The van der Waals surface area contributed by atoms with Crippen molar-refractivity contribution in [2.75, 3.05) is 43.9 Å². The Kier molecular flexibility index (Phi) is 7.00. The molecule has 2 amide bonds. The first-order chi connectivity index (χ1) is 16.6. The van der Waals surface area contributed by atoms with Crippen molar-refractivity contribution in [2.24, 2.45) is 10.4 Å². The van der Waals surface area contributed by atoms with Crippen LogP contribution in [0, 0.1) is 5.41 Å². The van der Waals surface area contributed by atoms with Gasteiger partial charge in [0.1, 0.15) is 17.9 Å². The lowest BCUT2D eigenvalue weighted by molar-refractivity contribution is -0.152. The van der Waals surface area contributed by atoms with E-state index in [9.17, 15) is 22.8 Å². The molecule has 12 heteroatoms. The Bertz CT molecular complexity index is 1160. The summed E-state index contributed by atoms with van der Waals surface area (Å²) in [7, 11) is 0. The Labute approximate surface area is 204 Å². The number of ether oxygens (including phenoxy) is 1. The number of nitrogens with one attached hydrogen (secondary N) is 1. The molecule has 35 heavy (non-hydrogen) atoms. The molecule has 2 fully saturated rings. The normalized spacial score (nSPS) is 17.4. The van der Waals surface area contributed by atoms with Gasteiger partial charge in [-0.1, -0.05) is 17.7 Å². The molecule has 0 bridgehead atoms. The smallest absolute Gasteiger partial charge is 0.398 e. The molecule has 186 valence electrons. The number of nitrogens with zero attached hydrogens (tertiary/aromatic N) is 3. The predicted molar refractivity (Wildman–Crippen MR) is 125 cm³/mol. The zero-order valence-corrected chi connectivity index (χ0v) is 19.3. The molecule has 0 saturated carbocycles. The van der Waals surface area contributed by atoms with Gasteiger partial charge in [-0.25, -0.2) is 4.98 Å². The third-order valence-electron chi connectivity index (χ3n) is 6.14. The van der Waals surface area contributed by atoms with Gasteiger partial charge in [0.25, 0.3) is 5.91 Å². The fourth-order valence-corrected chi connectivity index (χ4v) is 4.17. The minimum Gasteiger partial charge on any atom is -0.398 e. The number of nitrogens with two attached hydrogens (primary N) is 1. The van der Waals surface area contributed by atoms with E-state index in [0.717, 1.165) is 44.3 Å². The van der Waals surface area contributed by atoms with E-state index in [1.54, 1.807) is 4.90 Å². The van der Waals surface area contributed by atoms with Crippen molar-refractivity contribution in [2.45, 2.75) is 19.0 Å². The fraction of sp³-hybridized carbons (Fsp3) is 0.391. The van der Waals surface area contributed by atoms with Crippen LogP contribution >= 0.6 is 11.6 Å². The summed E-state index contributed by atoms with van der Waals surface area (Å²) in [6.07, 6.45) is -1.46. The number of hydrogen-bond acceptors (Lipinski definition) is 6. The number of anilines is 2. The first kappa shape index (κ1) is 24.9. The highest BCUT2D eigenvalue weighted by atomic mass is 35.5. The Balaban J connectivity index is 1.40. The Morgan fingerprint density at radius 1 is 1.26 bits per heavy atom. The second-order valence-electron chi connectivity index (χ2n) is 8.66. The highest BCUT2D eigenvalue weighted by Crippen LogP contribution is 2.38. The van der Waals surface area contributed by atoms with E-state index in [1.807, 2.05) is 0 Å². The number of halogens is 4. The van der Waals surface area contributed by atoms with Crippen molar-refractivity contribution in [3.8, 4) is 0 Å². The molecule has 1 spiro atoms. The lowest BCUT2D eigenvalue weighted by Crippen LogP contribution is -2.52. The second-order valence-corrected chi connectivity index (χ2v) is 9.07. The van der Waals surface area contributed by atoms with Crippen molar-refractivity contribution in [1.29, 1.82) is 0 Å². The number of alkyl halides is 3. The molecule has 4 rings (SSSR count). The molecule has 8 nitrogen and oxygen atoms in total. The number of rotatable bonds is 5. The summed E-state index contributed by atoms with van der Waals surface area (Å²) in [6.45, 7) is 2.78. The van der Waals surface area contributed by atoms with E-state index >= 15 is 0 Å². The van der Waals surface area contributed by atoms with Gasteiger partial charge in [-0.05, 0) is 37.1 Å². The number of piperidine rings is 1. The molecule has 1 aromatic heterocycles. The highest BCUT2D eigenvalue weighted by molar-refractivity contribution is 6.34. The van der Waals surface area contributed by atoms with E-state index in [-0.39, 0.29) is 34.3 Å². The number of pyridine rings is 1. The largest absolute Gasteiger partial charge is 0.433 e. The van der Waals surface area contributed by atoms with Crippen molar-refractivity contribution < 1.29 is 27.5 Å². The minimum absolute atomic E-state index is 0.0680. The first-order valence-corrected chi connectivity index (χ1v) is 11.2. The van der Waals surface area contributed by atoms with Crippen LogP contribution in [0.5, 0.6) is 0 Å². The van der Waals surface area contributed by atoms with E-state index in [2.05, 4.69) is 15.3 Å². The minimum atomic E-state index is -4.68. The summed E-state index contributed by atoms with van der Waals surface area (Å²) < 4.78 is 44.0. The summed E-state index contributed by atoms with van der Waals surface area (Å²) in [4.78, 5) is 34.3. The molecule has 2 aromatic rings. The molecule has 2 aliphatic rings. The van der Waals surface area contributed by atoms with E-state index in [1.165, 1.54) is 18.3 Å². The summed E-state index contributed by atoms with van der Waals surface area (Å²) in [6, 6.07) is 5.83. The molecule has 0 radical (unpaired) electrons. The highest BCUT2D eigenvalue weighted by Gasteiger charge is 2.41. The van der Waals surface area contributed by atoms with Gasteiger partial charge in [0.2, 0.25) is 5.91 Å². The van der Waals surface area contributed by atoms with Gasteiger partial charge in [-0.3, -0.25) is 14.6 Å². The molecule has 3 N–H and O–H groups in total. The lowest BCUT2D eigenvalue weighted by atomic mass is 9.77. The van der Waals surface area contributed by atoms with Gasteiger partial charge >= 0.3 is 6.18 Å². The molecule has 0 aliphatic carbocycles. The number of carbonyl (C=O) groups is 2. The van der Waals surface area contributed by atoms with Gasteiger partial charge in [0.05, 0.1) is 23.9 Å². The third kappa shape index (κ3) is 5.73. The third-order valence-corrected chi connectivity index (χ3v) is 6.46. The molecule has 0 atom stereocenters. The number of hydrogen-bond donors (Lipinski definition) is 2. The predicted octanol–water partition coefficient (Wildman–Crippen LogP) is 3.65. The van der Waals surface area contributed by atoms with Crippen LogP contribution in [0.1, 0.15) is 34.6 Å². The number of nitrogen functional groups attached to an aromatic ring is 1. The number of carbonyl (C=O) groups excluding carboxylic acids is 2. The standard InChI is InChI=1S/C23H23ClF3N5O3/c24-15-9-16(28)14(10-29-11-20(33)32-6-4-22(5-7-32)12-35-13-22)8-18(15)31-21(34)17-2-1-3-19(30-17)23(25,26)27/h1-3,8-10H,4-7,11-13,28H2,(H,31,34). The molecular weight excluding hydrogens is 487 g/mol. The second kappa shape index (κ2) is 9.82. The van der Waals surface area contributed by atoms with Crippen LogP contribution in [-0.2, 0) is 15.7 Å². The average Bonchev–Trinajstić information content (AvgIpc) is 2.80. The van der Waals surface area contributed by atoms with Crippen LogP contribution in [-0.4, -0.2) is 60.8 Å². The SMILES string of the molecule is Nc1cc(Cl)c(NC(=O)c2cccc(C(F)(F)F)n2)cc1C=NCC(=O)N1CCC2(CC1)COC2. The van der Waals surface area contributed by atoms with Crippen molar-refractivity contribution in [3.63, 3.8) is 0 Å². The number of aliphatic imine (C=N–C) groups is 1. The van der Waals surface area contributed by atoms with Crippen LogP contribution in [0.4, 0.5) is 24.5 Å². The summed E-state index contributed by atoms with van der Waals surface area (Å²) in [5.41, 5.74) is 5.35. The molecule has 2 saturated heterocycles. The zero-order valence-electron chi connectivity index (χ0n) is 18.6. The van der Waals surface area contributed by atoms with Crippen molar-refractivity contribution >= 4 is 41.0 Å². The molecule has 2 aliphatic heterocycles.